The lowest BCUT2D eigenvalue weighted by Gasteiger charge is -2.22. The first-order chi connectivity index (χ1) is 15.8. The van der Waals surface area contributed by atoms with Crippen LogP contribution in [0.3, 0.4) is 0 Å². The minimum atomic E-state index is -0.217. The fourth-order valence-corrected chi connectivity index (χ4v) is 4.86. The first-order valence-corrected chi connectivity index (χ1v) is 11.2. The van der Waals surface area contributed by atoms with E-state index in [-0.39, 0.29) is 5.82 Å². The number of aromatic amines is 2. The number of piperidine rings is 1. The van der Waals surface area contributed by atoms with E-state index in [9.17, 15) is 4.39 Å². The first-order valence-electron chi connectivity index (χ1n) is 11.2. The zero-order valence-corrected chi connectivity index (χ0v) is 17.7. The third kappa shape index (κ3) is 3.28. The Kier molecular flexibility index (Phi) is 4.72. The third-order valence-electron chi connectivity index (χ3n) is 6.56. The second kappa shape index (κ2) is 7.88. The molecule has 160 valence electrons. The Morgan fingerprint density at radius 1 is 1.03 bits per heavy atom. The second-order valence-electron chi connectivity index (χ2n) is 8.52. The third-order valence-corrected chi connectivity index (χ3v) is 6.56. The Balaban J connectivity index is 1.44. The van der Waals surface area contributed by atoms with Crippen molar-refractivity contribution in [1.29, 1.82) is 0 Å². The molecule has 4 heterocycles. The largest absolute Gasteiger partial charge is 0.356 e. The molecule has 0 unspecified atom stereocenters. The molecule has 1 aromatic carbocycles. The van der Waals surface area contributed by atoms with E-state index in [2.05, 4.69) is 38.7 Å². The maximum Gasteiger partial charge on any atom is 0.131 e. The SMILES string of the molecule is Fc1ccccc1C1=CC=CCc2[nH]c(-c3n[nH]c4cnc(C5CCNCC5)cc34)cc21. The summed E-state index contributed by atoms with van der Waals surface area (Å²) in [5.74, 6) is 0.259. The van der Waals surface area contributed by atoms with Gasteiger partial charge in [0.25, 0.3) is 0 Å². The molecule has 2 aliphatic rings. The van der Waals surface area contributed by atoms with E-state index in [1.165, 1.54) is 6.07 Å². The monoisotopic (exact) mass is 425 g/mol. The van der Waals surface area contributed by atoms with E-state index in [1.807, 2.05) is 30.5 Å². The molecule has 0 amide bonds. The normalized spacial score (nSPS) is 16.7. The highest BCUT2D eigenvalue weighted by molar-refractivity contribution is 5.93. The van der Waals surface area contributed by atoms with Crippen LogP contribution < -0.4 is 5.32 Å². The van der Waals surface area contributed by atoms with Crippen molar-refractivity contribution in [2.45, 2.75) is 25.2 Å². The number of hydrogen-bond donors (Lipinski definition) is 3. The Bertz CT molecular complexity index is 1350. The fourth-order valence-electron chi connectivity index (χ4n) is 4.86. The van der Waals surface area contributed by atoms with Gasteiger partial charge in [0.15, 0.2) is 0 Å². The highest BCUT2D eigenvalue weighted by Crippen LogP contribution is 2.36. The summed E-state index contributed by atoms with van der Waals surface area (Å²) in [5, 5.41) is 12.2. The van der Waals surface area contributed by atoms with Crippen molar-refractivity contribution in [3.8, 4) is 11.4 Å². The molecule has 3 aromatic heterocycles. The zero-order chi connectivity index (χ0) is 21.5. The van der Waals surface area contributed by atoms with Crippen LogP contribution in [0.25, 0.3) is 27.9 Å². The molecule has 0 radical (unpaired) electrons. The predicted molar refractivity (Wildman–Crippen MR) is 125 cm³/mol. The standard InChI is InChI=1S/C26H24FN5/c27-21-7-3-1-6-18(21)17-5-2-4-8-22-19(17)13-24(30-22)26-20-14-23(16-9-11-28-12-10-16)29-15-25(20)31-32-26/h1-7,13-16,28,30H,8-12H2,(H,31,32). The van der Waals surface area contributed by atoms with Gasteiger partial charge in [-0.25, -0.2) is 4.39 Å². The number of nitrogens with one attached hydrogen (secondary N) is 3. The number of hydrogen-bond acceptors (Lipinski definition) is 3. The van der Waals surface area contributed by atoms with Gasteiger partial charge in [-0.2, -0.15) is 5.10 Å². The molecule has 32 heavy (non-hydrogen) atoms. The van der Waals surface area contributed by atoms with Crippen molar-refractivity contribution < 1.29 is 4.39 Å². The maximum atomic E-state index is 14.6. The Hall–Kier alpha value is -3.51. The molecule has 6 heteroatoms. The summed E-state index contributed by atoms with van der Waals surface area (Å²) in [4.78, 5) is 8.27. The Morgan fingerprint density at radius 2 is 1.91 bits per heavy atom. The molecule has 1 aliphatic carbocycles. The smallest absolute Gasteiger partial charge is 0.131 e. The van der Waals surface area contributed by atoms with E-state index in [0.29, 0.717) is 11.5 Å². The Labute approximate surface area is 185 Å². The number of benzene rings is 1. The molecular formula is C26H24FN5. The summed E-state index contributed by atoms with van der Waals surface area (Å²) in [7, 11) is 0. The molecule has 5 nitrogen and oxygen atoms in total. The summed E-state index contributed by atoms with van der Waals surface area (Å²) in [6.45, 7) is 2.06. The van der Waals surface area contributed by atoms with Gasteiger partial charge in [0.2, 0.25) is 0 Å². The van der Waals surface area contributed by atoms with Crippen LogP contribution in [0.15, 0.2) is 60.8 Å². The number of pyridine rings is 1. The summed E-state index contributed by atoms with van der Waals surface area (Å²) in [6.07, 6.45) is 10.9. The maximum absolute atomic E-state index is 14.6. The molecular weight excluding hydrogens is 401 g/mol. The van der Waals surface area contributed by atoms with Crippen LogP contribution in [0.1, 0.15) is 41.3 Å². The van der Waals surface area contributed by atoms with Crippen molar-refractivity contribution in [2.75, 3.05) is 13.1 Å². The topological polar surface area (TPSA) is 69.4 Å². The molecule has 1 saturated heterocycles. The molecule has 0 spiro atoms. The number of fused-ring (bicyclic) bond motifs is 2. The highest BCUT2D eigenvalue weighted by atomic mass is 19.1. The average Bonchev–Trinajstić information content (AvgIpc) is 3.39. The van der Waals surface area contributed by atoms with Crippen LogP contribution in [0, 0.1) is 5.82 Å². The molecule has 0 bridgehead atoms. The van der Waals surface area contributed by atoms with E-state index >= 15 is 0 Å². The van der Waals surface area contributed by atoms with Gasteiger partial charge in [0.1, 0.15) is 11.5 Å². The van der Waals surface area contributed by atoms with Gasteiger partial charge in [-0.1, -0.05) is 36.4 Å². The van der Waals surface area contributed by atoms with E-state index in [1.54, 1.807) is 6.07 Å². The van der Waals surface area contributed by atoms with Crippen molar-refractivity contribution in [1.82, 2.24) is 25.5 Å². The molecule has 1 fully saturated rings. The zero-order valence-electron chi connectivity index (χ0n) is 17.7. The number of rotatable bonds is 3. The molecule has 0 atom stereocenters. The summed E-state index contributed by atoms with van der Waals surface area (Å²) in [5.41, 5.74) is 7.42. The van der Waals surface area contributed by atoms with Gasteiger partial charge in [-0.3, -0.25) is 10.1 Å². The predicted octanol–water partition coefficient (Wildman–Crippen LogP) is 5.10. The van der Waals surface area contributed by atoms with Gasteiger partial charge in [0.05, 0.1) is 17.4 Å². The van der Waals surface area contributed by atoms with Gasteiger partial charge in [0, 0.05) is 40.2 Å². The summed E-state index contributed by atoms with van der Waals surface area (Å²) in [6, 6.07) is 11.2. The second-order valence-corrected chi connectivity index (χ2v) is 8.52. The van der Waals surface area contributed by atoms with E-state index in [0.717, 1.165) is 77.2 Å². The van der Waals surface area contributed by atoms with Gasteiger partial charge >= 0.3 is 0 Å². The van der Waals surface area contributed by atoms with Crippen molar-refractivity contribution >= 4 is 16.5 Å². The number of nitrogens with zero attached hydrogens (tertiary/aromatic N) is 2. The van der Waals surface area contributed by atoms with Gasteiger partial charge < -0.3 is 10.3 Å². The van der Waals surface area contributed by atoms with Crippen LogP contribution in [-0.2, 0) is 6.42 Å². The Morgan fingerprint density at radius 3 is 2.78 bits per heavy atom. The van der Waals surface area contributed by atoms with Crippen molar-refractivity contribution in [3.63, 3.8) is 0 Å². The lowest BCUT2D eigenvalue weighted by atomic mass is 9.93. The number of H-pyrrole nitrogens is 2. The number of halogens is 1. The summed E-state index contributed by atoms with van der Waals surface area (Å²) >= 11 is 0. The first kappa shape index (κ1) is 19.2. The van der Waals surface area contributed by atoms with Gasteiger partial charge in [-0.15, -0.1) is 0 Å². The van der Waals surface area contributed by atoms with Crippen molar-refractivity contribution in [3.05, 3.63) is 89.2 Å². The van der Waals surface area contributed by atoms with Crippen LogP contribution >= 0.6 is 0 Å². The van der Waals surface area contributed by atoms with E-state index < -0.39 is 0 Å². The molecule has 6 rings (SSSR count). The molecule has 4 aromatic rings. The van der Waals surface area contributed by atoms with Crippen LogP contribution in [0.5, 0.6) is 0 Å². The van der Waals surface area contributed by atoms with Gasteiger partial charge in [-0.05, 0) is 49.7 Å². The number of allylic oxidation sites excluding steroid dienone is 3. The highest BCUT2D eigenvalue weighted by Gasteiger charge is 2.21. The van der Waals surface area contributed by atoms with Crippen LogP contribution in [-0.4, -0.2) is 33.3 Å². The lowest BCUT2D eigenvalue weighted by molar-refractivity contribution is 0.453. The van der Waals surface area contributed by atoms with Crippen molar-refractivity contribution in [2.24, 2.45) is 0 Å². The minimum Gasteiger partial charge on any atom is -0.356 e. The molecule has 0 saturated carbocycles. The molecule has 1 aliphatic heterocycles. The quantitative estimate of drug-likeness (QED) is 0.428. The average molecular weight is 426 g/mol. The minimum absolute atomic E-state index is 0.217. The van der Waals surface area contributed by atoms with Crippen LogP contribution in [0.4, 0.5) is 4.39 Å². The van der Waals surface area contributed by atoms with E-state index in [4.69, 9.17) is 4.98 Å². The number of aromatic nitrogens is 4. The van der Waals surface area contributed by atoms with Crippen LogP contribution in [0.2, 0.25) is 0 Å². The summed E-state index contributed by atoms with van der Waals surface area (Å²) < 4.78 is 14.6. The lowest BCUT2D eigenvalue weighted by Crippen LogP contribution is -2.27. The molecule has 3 N–H and O–H groups in total. The fraction of sp³-hybridized carbons (Fsp3) is 0.231.